The van der Waals surface area contributed by atoms with E-state index in [0.717, 1.165) is 44.9 Å². The number of anilines is 3. The summed E-state index contributed by atoms with van der Waals surface area (Å²) < 4.78 is 11.1. The van der Waals surface area contributed by atoms with Gasteiger partial charge in [0.15, 0.2) is 11.6 Å². The van der Waals surface area contributed by atoms with Gasteiger partial charge < -0.3 is 20.1 Å². The molecule has 1 aliphatic carbocycles. The Kier molecular flexibility index (Phi) is 5.08. The van der Waals surface area contributed by atoms with Crippen molar-refractivity contribution < 1.29 is 14.3 Å². The summed E-state index contributed by atoms with van der Waals surface area (Å²) in [6.07, 6.45) is 4.14. The molecule has 1 saturated carbocycles. The highest BCUT2D eigenvalue weighted by molar-refractivity contribution is 7.13. The van der Waals surface area contributed by atoms with Crippen LogP contribution in [0.3, 0.4) is 0 Å². The third-order valence-corrected chi connectivity index (χ3v) is 8.01. The van der Waals surface area contributed by atoms with E-state index in [1.54, 1.807) is 19.5 Å². The predicted octanol–water partition coefficient (Wildman–Crippen LogP) is 5.00. The van der Waals surface area contributed by atoms with Crippen molar-refractivity contribution in [1.29, 1.82) is 0 Å². The number of hydrogen-bond donors (Lipinski definition) is 3. The Morgan fingerprint density at radius 3 is 2.92 bits per heavy atom. The van der Waals surface area contributed by atoms with E-state index in [2.05, 4.69) is 42.9 Å². The Morgan fingerprint density at radius 2 is 2.11 bits per heavy atom. The number of ether oxygens (including phenoxy) is 2. The van der Waals surface area contributed by atoms with Crippen LogP contribution >= 0.6 is 11.3 Å². The van der Waals surface area contributed by atoms with E-state index in [-0.39, 0.29) is 11.8 Å². The molecule has 0 saturated heterocycles. The van der Waals surface area contributed by atoms with E-state index < -0.39 is 5.41 Å². The van der Waals surface area contributed by atoms with Gasteiger partial charge in [0, 0.05) is 28.6 Å². The molecular weight excluding hydrogens is 502 g/mol. The van der Waals surface area contributed by atoms with E-state index in [0.29, 0.717) is 29.8 Å². The molecule has 2 aromatic carbocycles. The van der Waals surface area contributed by atoms with Crippen LogP contribution in [-0.2, 0) is 10.2 Å². The standard InChI is InChI=1S/C27H23N7O3S/c1-3-37-24-23(30-21(13-29-24)25-28-8-9-38-25)32-22-16-6-4-14(10-20(16)33-34-22)18-12-27(18)17-11-15(36-2)5-7-19(17)31-26(27)35/h4-11,13,18H,3,12H2,1-2H3,(H,31,35)(H2,30,32,33,34)/t18-,27-/m0/s1. The van der Waals surface area contributed by atoms with Crippen molar-refractivity contribution in [3.8, 4) is 22.3 Å². The number of thiazole rings is 1. The zero-order valence-electron chi connectivity index (χ0n) is 20.6. The van der Waals surface area contributed by atoms with E-state index in [1.165, 1.54) is 11.3 Å². The Hall–Kier alpha value is -4.51. The van der Waals surface area contributed by atoms with Crippen molar-refractivity contribution in [3.05, 3.63) is 65.3 Å². The highest BCUT2D eigenvalue weighted by atomic mass is 32.1. The van der Waals surface area contributed by atoms with Crippen LogP contribution in [0.25, 0.3) is 21.6 Å². The van der Waals surface area contributed by atoms with Crippen molar-refractivity contribution in [2.75, 3.05) is 24.4 Å². The lowest BCUT2D eigenvalue weighted by atomic mass is 9.91. The van der Waals surface area contributed by atoms with Gasteiger partial charge >= 0.3 is 0 Å². The number of aromatic amines is 1. The normalized spacial score (nSPS) is 19.4. The third-order valence-electron chi connectivity index (χ3n) is 7.22. The summed E-state index contributed by atoms with van der Waals surface area (Å²) in [6.45, 7) is 2.35. The van der Waals surface area contributed by atoms with E-state index >= 15 is 0 Å². The maximum absolute atomic E-state index is 13.1. The molecule has 3 N–H and O–H groups in total. The van der Waals surface area contributed by atoms with Crippen LogP contribution in [0.1, 0.15) is 30.4 Å². The zero-order chi connectivity index (χ0) is 25.9. The number of H-pyrrole nitrogens is 1. The number of nitrogens with one attached hydrogen (secondary N) is 3. The molecule has 0 bridgehead atoms. The fourth-order valence-corrected chi connectivity index (χ4v) is 5.91. The van der Waals surface area contributed by atoms with Gasteiger partial charge in [-0.05, 0) is 54.8 Å². The number of rotatable bonds is 7. The fourth-order valence-electron chi connectivity index (χ4n) is 5.31. The van der Waals surface area contributed by atoms with Crippen LogP contribution in [0.2, 0.25) is 0 Å². The number of nitrogens with zero attached hydrogens (tertiary/aromatic N) is 4. The van der Waals surface area contributed by atoms with Crippen molar-refractivity contribution in [3.63, 3.8) is 0 Å². The molecule has 3 aromatic heterocycles. The van der Waals surface area contributed by atoms with Gasteiger partial charge in [0.25, 0.3) is 5.88 Å². The molecular formula is C27H23N7O3S. The maximum atomic E-state index is 13.1. The molecule has 4 heterocycles. The van der Waals surface area contributed by atoms with Crippen LogP contribution in [0.4, 0.5) is 17.3 Å². The van der Waals surface area contributed by atoms with Gasteiger partial charge in [0.2, 0.25) is 5.91 Å². The smallest absolute Gasteiger partial charge is 0.257 e. The van der Waals surface area contributed by atoms with E-state index in [1.807, 2.05) is 36.6 Å². The number of fused-ring (bicyclic) bond motifs is 3. The van der Waals surface area contributed by atoms with Crippen LogP contribution < -0.4 is 20.1 Å². The summed E-state index contributed by atoms with van der Waals surface area (Å²) in [7, 11) is 1.64. The number of carbonyl (C=O) groups excluding carboxylic acids is 1. The molecule has 190 valence electrons. The number of aromatic nitrogens is 5. The third kappa shape index (κ3) is 3.42. The molecule has 2 atom stereocenters. The van der Waals surface area contributed by atoms with Gasteiger partial charge in [-0.15, -0.1) is 11.3 Å². The monoisotopic (exact) mass is 525 g/mol. The Morgan fingerprint density at radius 1 is 1.18 bits per heavy atom. The molecule has 7 rings (SSSR count). The Bertz CT molecular complexity index is 1700. The Balaban J connectivity index is 1.20. The van der Waals surface area contributed by atoms with Gasteiger partial charge in [0.05, 0.1) is 30.8 Å². The van der Waals surface area contributed by atoms with Crippen molar-refractivity contribution in [2.45, 2.75) is 24.7 Å². The van der Waals surface area contributed by atoms with E-state index in [4.69, 9.17) is 14.5 Å². The van der Waals surface area contributed by atoms with Gasteiger partial charge in [-0.2, -0.15) is 5.10 Å². The van der Waals surface area contributed by atoms with Crippen LogP contribution in [-0.4, -0.2) is 44.8 Å². The second-order valence-corrected chi connectivity index (χ2v) is 10.2. The lowest BCUT2D eigenvalue weighted by Gasteiger charge is -2.11. The summed E-state index contributed by atoms with van der Waals surface area (Å²) in [5, 5.41) is 17.5. The maximum Gasteiger partial charge on any atom is 0.257 e. The van der Waals surface area contributed by atoms with E-state index in [9.17, 15) is 4.79 Å². The van der Waals surface area contributed by atoms with Gasteiger partial charge in [0.1, 0.15) is 16.5 Å². The molecule has 38 heavy (non-hydrogen) atoms. The van der Waals surface area contributed by atoms with Crippen molar-refractivity contribution in [2.24, 2.45) is 0 Å². The van der Waals surface area contributed by atoms with Gasteiger partial charge in [-0.3, -0.25) is 9.89 Å². The first-order valence-corrected chi connectivity index (χ1v) is 13.1. The van der Waals surface area contributed by atoms with Crippen LogP contribution in [0.15, 0.2) is 54.2 Å². The highest BCUT2D eigenvalue weighted by Gasteiger charge is 2.65. The van der Waals surface area contributed by atoms with Gasteiger partial charge in [-0.1, -0.05) is 6.07 Å². The zero-order valence-corrected chi connectivity index (χ0v) is 21.4. The Labute approximate surface area is 221 Å². The number of hydrogen-bond acceptors (Lipinski definition) is 9. The topological polar surface area (TPSA) is 127 Å². The molecule has 5 aromatic rings. The predicted molar refractivity (Wildman–Crippen MR) is 144 cm³/mol. The summed E-state index contributed by atoms with van der Waals surface area (Å²) >= 11 is 1.49. The second-order valence-electron chi connectivity index (χ2n) is 9.28. The second kappa shape index (κ2) is 8.52. The molecule has 1 amide bonds. The van der Waals surface area contributed by atoms with Crippen LogP contribution in [0.5, 0.6) is 11.6 Å². The van der Waals surface area contributed by atoms with Crippen molar-refractivity contribution in [1.82, 2.24) is 25.1 Å². The largest absolute Gasteiger partial charge is 0.497 e. The minimum atomic E-state index is -0.559. The summed E-state index contributed by atoms with van der Waals surface area (Å²) in [5.74, 6) is 2.33. The summed E-state index contributed by atoms with van der Waals surface area (Å²) in [6, 6.07) is 11.9. The highest BCUT2D eigenvalue weighted by Crippen LogP contribution is 2.65. The minimum Gasteiger partial charge on any atom is -0.497 e. The lowest BCUT2D eigenvalue weighted by Crippen LogP contribution is -2.21. The van der Waals surface area contributed by atoms with Crippen molar-refractivity contribution >= 4 is 45.5 Å². The molecule has 1 fully saturated rings. The molecule has 0 radical (unpaired) electrons. The first kappa shape index (κ1) is 22.7. The molecule has 2 aliphatic rings. The molecule has 11 heteroatoms. The van der Waals surface area contributed by atoms with Crippen LogP contribution in [0, 0.1) is 0 Å². The minimum absolute atomic E-state index is 0.0416. The first-order chi connectivity index (χ1) is 18.6. The number of amides is 1. The fraction of sp³-hybridized carbons (Fsp3) is 0.222. The molecule has 1 spiro atoms. The molecule has 1 aliphatic heterocycles. The first-order valence-electron chi connectivity index (χ1n) is 12.3. The van der Waals surface area contributed by atoms with Gasteiger partial charge in [-0.25, -0.2) is 15.0 Å². The lowest BCUT2D eigenvalue weighted by molar-refractivity contribution is -0.118. The number of carbonyl (C=O) groups is 1. The summed E-state index contributed by atoms with van der Waals surface area (Å²) in [5.41, 5.74) is 3.90. The average Bonchev–Trinajstić information content (AvgIpc) is 3.20. The molecule has 10 nitrogen and oxygen atoms in total. The SMILES string of the molecule is CCOc1ncc(-c2nccs2)nc1Nc1n[nH]c2cc([C@@H]3C[C@@]34C(=O)Nc3ccc(OC)cc34)ccc12. The molecule has 0 unspecified atom stereocenters. The number of methoxy groups -OCH3 is 1. The summed E-state index contributed by atoms with van der Waals surface area (Å²) in [4.78, 5) is 26.5. The quantitative estimate of drug-likeness (QED) is 0.271. The average molecular weight is 526 g/mol. The number of benzene rings is 2.